The molecule has 4 aromatic rings. The molecule has 43 heavy (non-hydrogen) atoms. The third-order valence-electron chi connectivity index (χ3n) is 6.52. The summed E-state index contributed by atoms with van der Waals surface area (Å²) in [6, 6.07) is 20.8. The number of carbonyl (C=O) groups excluding carboxylic acids is 2. The normalized spacial score (nSPS) is 11.4. The fraction of sp³-hybridized carbons (Fsp3) is 0.312. The van der Waals surface area contributed by atoms with E-state index in [1.807, 2.05) is 54.4 Å². The Bertz CT molecular complexity index is 1460. The molecule has 0 spiro atoms. The number of nitrogens with one attached hydrogen (secondary N) is 2. The minimum Gasteiger partial charge on any atom is -0.388 e. The Balaban J connectivity index is 0.00000162. The summed E-state index contributed by atoms with van der Waals surface area (Å²) < 4.78 is 9.73. The molecule has 0 aliphatic heterocycles. The van der Waals surface area contributed by atoms with Gasteiger partial charge >= 0.3 is 0 Å². The zero-order valence-electron chi connectivity index (χ0n) is 24.9. The molecule has 0 aliphatic carbocycles. The van der Waals surface area contributed by atoms with Crippen LogP contribution in [-0.2, 0) is 27.3 Å². The molecule has 1 unspecified atom stereocenters. The van der Waals surface area contributed by atoms with Gasteiger partial charge in [-0.15, -0.1) is 11.3 Å². The Kier molecular flexibility index (Phi) is 13.8. The Morgan fingerprint density at radius 1 is 1.16 bits per heavy atom. The van der Waals surface area contributed by atoms with E-state index in [2.05, 4.69) is 45.6 Å². The molecular formula is C32H39N5O4S2. The molecular weight excluding hydrogens is 583 g/mol. The summed E-state index contributed by atoms with van der Waals surface area (Å²) in [6.45, 7) is 2.44. The van der Waals surface area contributed by atoms with Crippen LogP contribution in [0.25, 0.3) is 10.1 Å². The predicted molar refractivity (Wildman–Crippen MR) is 175 cm³/mol. The van der Waals surface area contributed by atoms with E-state index in [-0.39, 0.29) is 13.1 Å². The number of thiophene rings is 1. The number of hydrogen-bond donors (Lipinski definition) is 3. The Morgan fingerprint density at radius 3 is 2.56 bits per heavy atom. The Hall–Kier alpha value is -3.61. The fourth-order valence-electron chi connectivity index (χ4n) is 4.20. The molecule has 228 valence electrons. The van der Waals surface area contributed by atoms with Crippen LogP contribution in [-0.4, -0.2) is 84.9 Å². The maximum atomic E-state index is 12.6. The number of aromatic nitrogens is 1. The van der Waals surface area contributed by atoms with Gasteiger partial charge in [0.2, 0.25) is 5.91 Å². The first-order chi connectivity index (χ1) is 20.8. The zero-order chi connectivity index (χ0) is 31.2. The van der Waals surface area contributed by atoms with Crippen molar-refractivity contribution in [3.63, 3.8) is 0 Å². The summed E-state index contributed by atoms with van der Waals surface area (Å²) in [5.74, 6) is -0.138. The number of likely N-dealkylation sites (N-methyl/N-ethyl adjacent to an activating group) is 1. The molecule has 0 saturated carbocycles. The largest absolute Gasteiger partial charge is 0.388 e. The molecule has 2 aromatic heterocycles. The van der Waals surface area contributed by atoms with Crippen molar-refractivity contribution in [2.45, 2.75) is 30.1 Å². The van der Waals surface area contributed by atoms with Gasteiger partial charge in [0, 0.05) is 69.5 Å². The summed E-state index contributed by atoms with van der Waals surface area (Å²) in [6.07, 6.45) is 3.23. The van der Waals surface area contributed by atoms with Gasteiger partial charge in [0.05, 0.1) is 4.21 Å². The number of aliphatic hydroxyl groups is 1. The number of amides is 1. The molecule has 1 amide bonds. The van der Waals surface area contributed by atoms with Gasteiger partial charge in [0.25, 0.3) is 0 Å². The molecule has 11 heteroatoms. The zero-order valence-corrected chi connectivity index (χ0v) is 26.6. The summed E-state index contributed by atoms with van der Waals surface area (Å²) in [5.41, 5.74) is 3.72. The third kappa shape index (κ3) is 10.3. The molecule has 0 aliphatic rings. The lowest BCUT2D eigenvalue weighted by Gasteiger charge is -2.28. The number of fused-ring (bicyclic) bond motifs is 1. The SMILES string of the molecule is COC.Cc1ccc2cc(SNCC(C=O)N(Cc3ccc(C(=N)N(C)CCc4ccccn4)cc3)C(=O)CO)sc2c1. The van der Waals surface area contributed by atoms with E-state index in [4.69, 9.17) is 5.41 Å². The summed E-state index contributed by atoms with van der Waals surface area (Å²) in [4.78, 5) is 32.2. The maximum Gasteiger partial charge on any atom is 0.249 e. The van der Waals surface area contributed by atoms with Crippen molar-refractivity contribution < 1.29 is 19.4 Å². The van der Waals surface area contributed by atoms with E-state index in [1.54, 1.807) is 31.8 Å². The number of aliphatic hydroxyl groups excluding tert-OH is 1. The number of rotatable bonds is 13. The summed E-state index contributed by atoms with van der Waals surface area (Å²) in [5, 5.41) is 19.3. The van der Waals surface area contributed by atoms with Gasteiger partial charge in [-0.05, 0) is 59.7 Å². The number of pyridine rings is 1. The molecule has 3 N–H and O–H groups in total. The Labute approximate surface area is 261 Å². The highest BCUT2D eigenvalue weighted by Crippen LogP contribution is 2.32. The molecule has 2 aromatic carbocycles. The summed E-state index contributed by atoms with van der Waals surface area (Å²) >= 11 is 3.09. The molecule has 0 radical (unpaired) electrons. The molecule has 2 heterocycles. The second-order valence-electron chi connectivity index (χ2n) is 9.89. The van der Waals surface area contributed by atoms with Crippen molar-refractivity contribution in [1.29, 1.82) is 5.41 Å². The van der Waals surface area contributed by atoms with Crippen LogP contribution in [0.5, 0.6) is 0 Å². The lowest BCUT2D eigenvalue weighted by Crippen LogP contribution is -2.46. The number of methoxy groups -OCH3 is 1. The van der Waals surface area contributed by atoms with Crippen LogP contribution in [0.4, 0.5) is 0 Å². The minimum atomic E-state index is -0.750. The van der Waals surface area contributed by atoms with Crippen molar-refractivity contribution in [1.82, 2.24) is 19.5 Å². The second-order valence-corrected chi connectivity index (χ2v) is 12.2. The maximum absolute atomic E-state index is 12.6. The topological polar surface area (TPSA) is 119 Å². The first-order valence-corrected chi connectivity index (χ1v) is 15.4. The van der Waals surface area contributed by atoms with Gasteiger partial charge < -0.3 is 24.4 Å². The monoisotopic (exact) mass is 621 g/mol. The number of ether oxygens (including phenoxy) is 1. The van der Waals surface area contributed by atoms with Gasteiger partial charge in [-0.2, -0.15) is 0 Å². The van der Waals surface area contributed by atoms with E-state index in [0.29, 0.717) is 12.4 Å². The van der Waals surface area contributed by atoms with Gasteiger partial charge in [0.1, 0.15) is 24.8 Å². The van der Waals surface area contributed by atoms with Crippen molar-refractivity contribution in [3.05, 3.63) is 95.3 Å². The van der Waals surface area contributed by atoms with Gasteiger partial charge in [-0.25, -0.2) is 0 Å². The molecule has 0 bridgehead atoms. The highest BCUT2D eigenvalue weighted by atomic mass is 32.2. The first kappa shape index (κ1) is 33.9. The van der Waals surface area contributed by atoms with Crippen LogP contribution in [0.15, 0.2) is 77.1 Å². The average molecular weight is 622 g/mol. The third-order valence-corrected chi connectivity index (χ3v) is 8.55. The van der Waals surface area contributed by atoms with Gasteiger partial charge in [-0.1, -0.05) is 42.5 Å². The van der Waals surface area contributed by atoms with Crippen LogP contribution in [0, 0.1) is 12.3 Å². The number of amidine groups is 1. The number of benzene rings is 2. The number of aryl methyl sites for hydroxylation is 1. The molecule has 1 atom stereocenters. The lowest BCUT2D eigenvalue weighted by molar-refractivity contribution is -0.139. The Morgan fingerprint density at radius 2 is 1.91 bits per heavy atom. The highest BCUT2D eigenvalue weighted by molar-refractivity contribution is 7.99. The van der Waals surface area contributed by atoms with Crippen LogP contribution in [0.1, 0.15) is 22.4 Å². The van der Waals surface area contributed by atoms with E-state index in [0.717, 1.165) is 33.7 Å². The average Bonchev–Trinajstić information content (AvgIpc) is 3.43. The molecule has 0 saturated heterocycles. The van der Waals surface area contributed by atoms with Crippen molar-refractivity contribution in [2.24, 2.45) is 0 Å². The van der Waals surface area contributed by atoms with Crippen LogP contribution in [0.3, 0.4) is 0 Å². The standard InChI is InChI=1S/C30H33N5O3S2.C2H6O/c1-21-6-9-24-16-29(39-27(24)15-21)40-33-17-26(19-36)35(28(38)20-37)18-22-7-10-23(11-8-22)30(31)34(2)14-12-25-5-3-4-13-32-25;1-3-2/h3-11,13,15-16,19,26,31,33,37H,12,14,17-18,20H2,1-2H3;1-2H3. The van der Waals surface area contributed by atoms with E-state index in [1.165, 1.54) is 32.5 Å². The van der Waals surface area contributed by atoms with Gasteiger partial charge in [-0.3, -0.25) is 19.9 Å². The number of carbonyl (C=O) groups is 2. The van der Waals surface area contributed by atoms with E-state index >= 15 is 0 Å². The highest BCUT2D eigenvalue weighted by Gasteiger charge is 2.23. The van der Waals surface area contributed by atoms with Crippen LogP contribution >= 0.6 is 23.3 Å². The molecule has 4 rings (SSSR count). The quantitative estimate of drug-likeness (QED) is 0.0861. The number of aldehydes is 1. The molecule has 9 nitrogen and oxygen atoms in total. The van der Waals surface area contributed by atoms with Crippen LogP contribution < -0.4 is 4.72 Å². The number of nitrogens with zero attached hydrogens (tertiary/aromatic N) is 3. The smallest absolute Gasteiger partial charge is 0.249 e. The van der Waals surface area contributed by atoms with Crippen molar-refractivity contribution >= 4 is 51.4 Å². The van der Waals surface area contributed by atoms with Gasteiger partial charge in [0.15, 0.2) is 0 Å². The number of hydrogen-bond acceptors (Lipinski definition) is 9. The van der Waals surface area contributed by atoms with Crippen LogP contribution in [0.2, 0.25) is 0 Å². The second kappa shape index (κ2) is 17.5. The van der Waals surface area contributed by atoms with Crippen molar-refractivity contribution in [3.8, 4) is 0 Å². The predicted octanol–water partition coefficient (Wildman–Crippen LogP) is 4.55. The summed E-state index contributed by atoms with van der Waals surface area (Å²) in [7, 11) is 5.13. The van der Waals surface area contributed by atoms with E-state index < -0.39 is 18.6 Å². The van der Waals surface area contributed by atoms with E-state index in [9.17, 15) is 14.7 Å². The lowest BCUT2D eigenvalue weighted by atomic mass is 10.1. The minimum absolute atomic E-state index is 0.167. The fourth-order valence-corrected chi connectivity index (χ4v) is 6.29. The first-order valence-electron chi connectivity index (χ1n) is 13.7. The van der Waals surface area contributed by atoms with Crippen molar-refractivity contribution in [2.75, 3.05) is 41.0 Å². The molecule has 0 fully saturated rings.